The molecule has 1 unspecified atom stereocenters. The fraction of sp³-hybridized carbons (Fsp3) is 0.263. The summed E-state index contributed by atoms with van der Waals surface area (Å²) in [7, 11) is 0. The van der Waals surface area contributed by atoms with Gasteiger partial charge in [0.05, 0.1) is 17.1 Å². The predicted octanol–water partition coefficient (Wildman–Crippen LogP) is 4.42. The zero-order chi connectivity index (χ0) is 18.6. The van der Waals surface area contributed by atoms with Crippen molar-refractivity contribution in [2.75, 3.05) is 5.32 Å². The molecular weight excluding hydrogens is 380 g/mol. The van der Waals surface area contributed by atoms with Gasteiger partial charge in [-0.1, -0.05) is 35.3 Å². The second-order valence-corrected chi connectivity index (χ2v) is 7.52. The number of nitrogens with one attached hydrogen (secondary N) is 1. The average molecular weight is 394 g/mol. The molecular formula is C19H14Cl2FNO3. The number of halogens is 3. The summed E-state index contributed by atoms with van der Waals surface area (Å²) in [5.74, 6) is -1.57. The van der Waals surface area contributed by atoms with Gasteiger partial charge in [0.1, 0.15) is 5.82 Å². The Labute approximate surface area is 158 Å². The molecule has 1 fully saturated rings. The number of amides is 1. The van der Waals surface area contributed by atoms with E-state index in [-0.39, 0.29) is 32.8 Å². The molecule has 2 N–H and O–H groups in total. The quantitative estimate of drug-likeness (QED) is 0.755. The maximum Gasteiger partial charge on any atom is 0.261 e. The Morgan fingerprint density at radius 3 is 2.58 bits per heavy atom. The normalized spacial score (nSPS) is 21.5. The maximum absolute atomic E-state index is 14.2. The fourth-order valence-electron chi connectivity index (χ4n) is 3.34. The molecule has 1 saturated carbocycles. The largest absolute Gasteiger partial charge is 0.375 e. The van der Waals surface area contributed by atoms with Gasteiger partial charge in [0, 0.05) is 16.1 Å². The van der Waals surface area contributed by atoms with Gasteiger partial charge in [0.2, 0.25) is 0 Å². The molecule has 2 aromatic carbocycles. The van der Waals surface area contributed by atoms with Gasteiger partial charge in [-0.05, 0) is 42.5 Å². The Kier molecular flexibility index (Phi) is 4.06. The highest BCUT2D eigenvalue weighted by Gasteiger charge is 2.49. The molecule has 0 aromatic heterocycles. The number of Topliss-reactive ketones (excluding diaryl/α,β-unsaturated/α-hetero) is 1. The molecule has 2 aliphatic rings. The highest BCUT2D eigenvalue weighted by atomic mass is 35.5. The lowest BCUT2D eigenvalue weighted by atomic mass is 9.87. The van der Waals surface area contributed by atoms with E-state index >= 15 is 0 Å². The van der Waals surface area contributed by atoms with E-state index in [1.165, 1.54) is 18.2 Å². The van der Waals surface area contributed by atoms with Crippen molar-refractivity contribution in [2.45, 2.75) is 30.8 Å². The molecule has 1 heterocycles. The van der Waals surface area contributed by atoms with E-state index in [1.807, 2.05) is 0 Å². The zero-order valence-corrected chi connectivity index (χ0v) is 15.0. The number of fused-ring (bicyclic) bond motifs is 1. The number of benzene rings is 2. The number of rotatable bonds is 4. The molecule has 1 amide bonds. The van der Waals surface area contributed by atoms with E-state index in [1.54, 1.807) is 6.07 Å². The molecule has 26 heavy (non-hydrogen) atoms. The number of aliphatic hydroxyl groups is 1. The van der Waals surface area contributed by atoms with Crippen molar-refractivity contribution in [2.24, 2.45) is 0 Å². The van der Waals surface area contributed by atoms with E-state index < -0.39 is 29.5 Å². The summed E-state index contributed by atoms with van der Waals surface area (Å²) in [6.45, 7) is 0. The molecule has 0 bridgehead atoms. The molecule has 2 aromatic rings. The van der Waals surface area contributed by atoms with E-state index in [9.17, 15) is 19.1 Å². The van der Waals surface area contributed by atoms with Gasteiger partial charge in [0.15, 0.2) is 11.4 Å². The number of ketones is 1. The molecule has 4 nitrogen and oxygen atoms in total. The van der Waals surface area contributed by atoms with Gasteiger partial charge >= 0.3 is 0 Å². The van der Waals surface area contributed by atoms with Crippen molar-refractivity contribution in [3.05, 3.63) is 62.9 Å². The molecule has 7 heteroatoms. The summed E-state index contributed by atoms with van der Waals surface area (Å²) in [4.78, 5) is 25.0. The summed E-state index contributed by atoms with van der Waals surface area (Å²) in [5.41, 5.74) is -1.20. The number of hydrogen-bond acceptors (Lipinski definition) is 3. The molecule has 1 aliphatic carbocycles. The highest BCUT2D eigenvalue weighted by molar-refractivity contribution is 6.38. The summed E-state index contributed by atoms with van der Waals surface area (Å²) < 4.78 is 14.2. The van der Waals surface area contributed by atoms with Crippen LogP contribution in [-0.2, 0) is 10.4 Å². The number of anilines is 1. The fourth-order valence-corrected chi connectivity index (χ4v) is 3.86. The van der Waals surface area contributed by atoms with Gasteiger partial charge in [-0.25, -0.2) is 4.39 Å². The van der Waals surface area contributed by atoms with Crippen molar-refractivity contribution in [3.63, 3.8) is 0 Å². The standard InChI is InChI=1S/C19H14Cl2FNO3/c20-12-5-6-13(21)17-16(12)19(26,18(25)23-17)8-15(24)10-3-4-11(9-1-2-9)14(22)7-10/h3-7,9,26H,1-2,8H2,(H,23,25). The van der Waals surface area contributed by atoms with Crippen LogP contribution in [0.1, 0.15) is 46.7 Å². The van der Waals surface area contributed by atoms with Crippen LogP contribution < -0.4 is 5.32 Å². The van der Waals surface area contributed by atoms with Crippen molar-refractivity contribution in [1.29, 1.82) is 0 Å². The van der Waals surface area contributed by atoms with Crippen molar-refractivity contribution < 1.29 is 19.1 Å². The third kappa shape index (κ3) is 2.71. The Bertz CT molecular complexity index is 958. The minimum atomic E-state index is -2.15. The summed E-state index contributed by atoms with van der Waals surface area (Å²) in [6, 6.07) is 7.21. The molecule has 0 radical (unpaired) electrons. The average Bonchev–Trinajstić information content (AvgIpc) is 3.38. The maximum atomic E-state index is 14.2. The molecule has 0 saturated heterocycles. The van der Waals surface area contributed by atoms with Crippen molar-refractivity contribution in [3.8, 4) is 0 Å². The Morgan fingerprint density at radius 1 is 1.23 bits per heavy atom. The lowest BCUT2D eigenvalue weighted by Gasteiger charge is -2.21. The molecule has 1 atom stereocenters. The number of carbonyl (C=O) groups is 2. The van der Waals surface area contributed by atoms with Gasteiger partial charge in [-0.15, -0.1) is 0 Å². The second-order valence-electron chi connectivity index (χ2n) is 6.70. The zero-order valence-electron chi connectivity index (χ0n) is 13.5. The third-order valence-corrected chi connectivity index (χ3v) is 5.52. The Morgan fingerprint density at radius 2 is 1.92 bits per heavy atom. The van der Waals surface area contributed by atoms with E-state index in [4.69, 9.17) is 23.2 Å². The van der Waals surface area contributed by atoms with Crippen LogP contribution in [-0.4, -0.2) is 16.8 Å². The minimum Gasteiger partial charge on any atom is -0.375 e. The van der Waals surface area contributed by atoms with Crippen LogP contribution in [0.25, 0.3) is 0 Å². The van der Waals surface area contributed by atoms with Crippen LogP contribution >= 0.6 is 23.2 Å². The van der Waals surface area contributed by atoms with E-state index in [2.05, 4.69) is 5.32 Å². The molecule has 134 valence electrons. The predicted molar refractivity (Wildman–Crippen MR) is 96.3 cm³/mol. The molecule has 1 aliphatic heterocycles. The van der Waals surface area contributed by atoms with Gasteiger partial charge < -0.3 is 10.4 Å². The minimum absolute atomic E-state index is 0.0695. The SMILES string of the molecule is O=C(CC1(O)C(=O)Nc2c(Cl)ccc(Cl)c21)c1ccc(C2CC2)c(F)c1. The number of hydrogen-bond donors (Lipinski definition) is 2. The van der Waals surface area contributed by atoms with Gasteiger partial charge in [-0.2, -0.15) is 0 Å². The Balaban J connectivity index is 1.67. The lowest BCUT2D eigenvalue weighted by Crippen LogP contribution is -2.36. The highest BCUT2D eigenvalue weighted by Crippen LogP contribution is 2.46. The smallest absolute Gasteiger partial charge is 0.261 e. The molecule has 0 spiro atoms. The van der Waals surface area contributed by atoms with Crippen LogP contribution in [0.4, 0.5) is 10.1 Å². The van der Waals surface area contributed by atoms with Crippen LogP contribution in [0.3, 0.4) is 0 Å². The third-order valence-electron chi connectivity index (χ3n) is 4.89. The Hall–Kier alpha value is -1.95. The van der Waals surface area contributed by atoms with Crippen molar-refractivity contribution in [1.82, 2.24) is 0 Å². The van der Waals surface area contributed by atoms with E-state index in [0.717, 1.165) is 18.9 Å². The second kappa shape index (κ2) is 6.05. The summed E-state index contributed by atoms with van der Waals surface area (Å²) in [6.07, 6.45) is 1.33. The number of carbonyl (C=O) groups excluding carboxylic acids is 2. The lowest BCUT2D eigenvalue weighted by molar-refractivity contribution is -0.133. The topological polar surface area (TPSA) is 66.4 Å². The monoisotopic (exact) mass is 393 g/mol. The van der Waals surface area contributed by atoms with Crippen LogP contribution in [0.5, 0.6) is 0 Å². The first-order valence-corrected chi connectivity index (χ1v) is 8.92. The van der Waals surface area contributed by atoms with E-state index in [0.29, 0.717) is 5.56 Å². The van der Waals surface area contributed by atoms with Gasteiger partial charge in [0.25, 0.3) is 5.91 Å². The molecule has 4 rings (SSSR count). The first kappa shape index (κ1) is 17.5. The van der Waals surface area contributed by atoms with Crippen LogP contribution in [0.2, 0.25) is 10.0 Å². The summed E-state index contributed by atoms with van der Waals surface area (Å²) >= 11 is 12.2. The van der Waals surface area contributed by atoms with Crippen LogP contribution in [0.15, 0.2) is 30.3 Å². The van der Waals surface area contributed by atoms with Crippen molar-refractivity contribution >= 4 is 40.6 Å². The van der Waals surface area contributed by atoms with Gasteiger partial charge in [-0.3, -0.25) is 9.59 Å². The first-order chi connectivity index (χ1) is 12.3. The first-order valence-electron chi connectivity index (χ1n) is 8.16. The summed E-state index contributed by atoms with van der Waals surface area (Å²) in [5, 5.41) is 13.7. The van der Waals surface area contributed by atoms with Crippen LogP contribution in [0, 0.1) is 5.82 Å².